The molecule has 0 aromatic heterocycles. The zero-order chi connectivity index (χ0) is 21.1. The van der Waals surface area contributed by atoms with Crippen LogP contribution in [0.4, 0.5) is 5.69 Å². The summed E-state index contributed by atoms with van der Waals surface area (Å²) in [6.45, 7) is 2.17. The molecule has 1 amide bonds. The smallest absolute Gasteiger partial charge is 0.316 e. The van der Waals surface area contributed by atoms with Crippen molar-refractivity contribution in [2.45, 2.75) is 19.8 Å². The van der Waals surface area contributed by atoms with Crippen LogP contribution in [-0.4, -0.2) is 18.4 Å². The molecule has 5 heteroatoms. The third-order valence-electron chi connectivity index (χ3n) is 5.38. The van der Waals surface area contributed by atoms with Crippen LogP contribution in [0.25, 0.3) is 0 Å². The summed E-state index contributed by atoms with van der Waals surface area (Å²) in [6, 6.07) is 23.1. The van der Waals surface area contributed by atoms with E-state index in [4.69, 9.17) is 16.3 Å². The van der Waals surface area contributed by atoms with E-state index < -0.39 is 5.92 Å². The van der Waals surface area contributed by atoms with E-state index in [-0.39, 0.29) is 18.3 Å². The van der Waals surface area contributed by atoms with Crippen molar-refractivity contribution in [3.63, 3.8) is 0 Å². The van der Waals surface area contributed by atoms with Crippen molar-refractivity contribution in [1.82, 2.24) is 0 Å². The number of rotatable bonds is 5. The van der Waals surface area contributed by atoms with Gasteiger partial charge >= 0.3 is 5.97 Å². The quantitative estimate of drug-likeness (QED) is 0.422. The van der Waals surface area contributed by atoms with Gasteiger partial charge in [0.1, 0.15) is 5.75 Å². The van der Waals surface area contributed by atoms with Crippen molar-refractivity contribution in [3.8, 4) is 5.75 Å². The second-order valence-corrected chi connectivity index (χ2v) is 7.92. The van der Waals surface area contributed by atoms with Gasteiger partial charge in [0, 0.05) is 23.7 Å². The molecule has 4 rings (SSSR count). The molecule has 0 aliphatic carbocycles. The first-order valence-corrected chi connectivity index (χ1v) is 10.3. The van der Waals surface area contributed by atoms with Gasteiger partial charge in [-0.25, -0.2) is 0 Å². The first-order chi connectivity index (χ1) is 14.5. The van der Waals surface area contributed by atoms with Crippen LogP contribution < -0.4 is 9.64 Å². The molecule has 3 aromatic rings. The highest BCUT2D eigenvalue weighted by Crippen LogP contribution is 2.32. The first kappa shape index (κ1) is 20.2. The molecule has 30 heavy (non-hydrogen) atoms. The molecule has 1 fully saturated rings. The zero-order valence-electron chi connectivity index (χ0n) is 16.7. The molecule has 4 nitrogen and oxygen atoms in total. The first-order valence-electron chi connectivity index (χ1n) is 9.91. The number of hydrogen-bond acceptors (Lipinski definition) is 3. The topological polar surface area (TPSA) is 46.6 Å². The number of hydrogen-bond donors (Lipinski definition) is 0. The third-order valence-corrected chi connectivity index (χ3v) is 5.79. The molecule has 1 heterocycles. The van der Waals surface area contributed by atoms with Gasteiger partial charge in [-0.05, 0) is 54.3 Å². The fourth-order valence-corrected chi connectivity index (χ4v) is 3.86. The summed E-state index contributed by atoms with van der Waals surface area (Å²) in [5.41, 5.74) is 3.94. The van der Waals surface area contributed by atoms with Gasteiger partial charge in [0.05, 0.1) is 5.92 Å². The lowest BCUT2D eigenvalue weighted by Crippen LogP contribution is -2.27. The number of anilines is 1. The third kappa shape index (κ3) is 4.39. The molecule has 0 unspecified atom stereocenters. The molecule has 3 aromatic carbocycles. The Hall–Kier alpha value is -3.11. The van der Waals surface area contributed by atoms with Crippen LogP contribution >= 0.6 is 11.6 Å². The molecule has 1 aliphatic heterocycles. The maximum absolute atomic E-state index is 12.6. The maximum atomic E-state index is 12.6. The van der Waals surface area contributed by atoms with Crippen molar-refractivity contribution >= 4 is 29.2 Å². The summed E-state index contributed by atoms with van der Waals surface area (Å²) in [5, 5.41) is 0.599. The van der Waals surface area contributed by atoms with Crippen molar-refractivity contribution in [1.29, 1.82) is 0 Å². The summed E-state index contributed by atoms with van der Waals surface area (Å²) in [7, 11) is 0. The van der Waals surface area contributed by atoms with Crippen LogP contribution in [-0.2, 0) is 16.0 Å². The van der Waals surface area contributed by atoms with Crippen LogP contribution in [0.1, 0.15) is 23.1 Å². The highest BCUT2D eigenvalue weighted by atomic mass is 35.5. The zero-order valence-corrected chi connectivity index (χ0v) is 17.4. The van der Waals surface area contributed by atoms with Crippen molar-refractivity contribution < 1.29 is 14.3 Å². The number of halogens is 1. The average molecular weight is 420 g/mol. The lowest BCUT2D eigenvalue weighted by atomic mass is 10.1. The number of benzene rings is 3. The van der Waals surface area contributed by atoms with Gasteiger partial charge in [0.2, 0.25) is 5.91 Å². The highest BCUT2D eigenvalue weighted by Gasteiger charge is 2.37. The van der Waals surface area contributed by atoms with E-state index in [1.54, 1.807) is 29.2 Å². The maximum Gasteiger partial charge on any atom is 0.316 e. The van der Waals surface area contributed by atoms with Crippen LogP contribution in [0.2, 0.25) is 5.02 Å². The number of nitrogens with zero attached hydrogens (tertiary/aromatic N) is 1. The Kier molecular flexibility index (Phi) is 5.86. The van der Waals surface area contributed by atoms with Crippen LogP contribution in [0.5, 0.6) is 5.75 Å². The number of amides is 1. The Morgan fingerprint density at radius 1 is 1.00 bits per heavy atom. The van der Waals surface area contributed by atoms with E-state index >= 15 is 0 Å². The second-order valence-electron chi connectivity index (χ2n) is 7.52. The van der Waals surface area contributed by atoms with Crippen molar-refractivity contribution in [2.75, 3.05) is 11.4 Å². The average Bonchev–Trinajstić information content (AvgIpc) is 3.14. The summed E-state index contributed by atoms with van der Waals surface area (Å²) in [6.07, 6.45) is 0.955. The van der Waals surface area contributed by atoms with Gasteiger partial charge < -0.3 is 9.64 Å². The Balaban J connectivity index is 1.39. The van der Waals surface area contributed by atoms with Gasteiger partial charge in [0.15, 0.2) is 0 Å². The minimum Gasteiger partial charge on any atom is -0.426 e. The molecular formula is C25H22ClNO3. The summed E-state index contributed by atoms with van der Waals surface area (Å²) in [4.78, 5) is 26.8. The number of carbonyl (C=O) groups is 2. The van der Waals surface area contributed by atoms with Crippen molar-refractivity contribution in [3.05, 3.63) is 94.5 Å². The summed E-state index contributed by atoms with van der Waals surface area (Å²) < 4.78 is 5.55. The Labute approximate surface area is 181 Å². The van der Waals surface area contributed by atoms with E-state index in [1.807, 2.05) is 43.3 Å². The second kappa shape index (κ2) is 8.72. The molecule has 0 N–H and O–H groups in total. The number of esters is 1. The van der Waals surface area contributed by atoms with E-state index in [9.17, 15) is 9.59 Å². The van der Waals surface area contributed by atoms with Crippen LogP contribution in [0.15, 0.2) is 72.8 Å². The Morgan fingerprint density at radius 2 is 1.70 bits per heavy atom. The fraction of sp³-hybridized carbons (Fsp3) is 0.200. The van der Waals surface area contributed by atoms with Gasteiger partial charge in [-0.15, -0.1) is 0 Å². The molecule has 152 valence electrons. The van der Waals surface area contributed by atoms with E-state index in [0.717, 1.165) is 23.2 Å². The largest absolute Gasteiger partial charge is 0.426 e. The monoisotopic (exact) mass is 419 g/mol. The molecule has 0 radical (unpaired) electrons. The highest BCUT2D eigenvalue weighted by molar-refractivity contribution is 6.31. The van der Waals surface area contributed by atoms with Gasteiger partial charge in [-0.2, -0.15) is 0 Å². The number of ether oxygens (including phenoxy) is 1. The summed E-state index contributed by atoms with van der Waals surface area (Å²) >= 11 is 6.18. The number of carbonyl (C=O) groups excluding carboxylic acids is 2. The predicted molar refractivity (Wildman–Crippen MR) is 118 cm³/mol. The SMILES string of the molecule is Cc1c(Cl)cccc1N1C[C@@H](C(=O)Oc2ccc(Cc3ccccc3)cc2)CC1=O. The lowest BCUT2D eigenvalue weighted by Gasteiger charge is -2.19. The Morgan fingerprint density at radius 3 is 2.43 bits per heavy atom. The van der Waals surface area contributed by atoms with Crippen LogP contribution in [0, 0.1) is 12.8 Å². The minimum atomic E-state index is -0.500. The Bertz CT molecular complexity index is 1060. The summed E-state index contributed by atoms with van der Waals surface area (Å²) in [5.74, 6) is -0.497. The molecule has 0 saturated carbocycles. The molecule has 1 saturated heterocycles. The predicted octanol–water partition coefficient (Wildman–Crippen LogP) is 5.20. The fourth-order valence-electron chi connectivity index (χ4n) is 3.69. The molecule has 0 spiro atoms. The lowest BCUT2D eigenvalue weighted by molar-refractivity contribution is -0.139. The molecular weight excluding hydrogens is 398 g/mol. The molecule has 1 atom stereocenters. The van der Waals surface area contributed by atoms with Crippen molar-refractivity contribution in [2.24, 2.45) is 5.92 Å². The van der Waals surface area contributed by atoms with Gasteiger partial charge in [0.25, 0.3) is 0 Å². The van der Waals surface area contributed by atoms with E-state index in [0.29, 0.717) is 17.3 Å². The van der Waals surface area contributed by atoms with Gasteiger partial charge in [-0.1, -0.05) is 60.1 Å². The van der Waals surface area contributed by atoms with E-state index in [2.05, 4.69) is 12.1 Å². The molecule has 0 bridgehead atoms. The standard InChI is InChI=1S/C25H22ClNO3/c1-17-22(26)8-5-9-23(17)27-16-20(15-24(27)28)25(29)30-21-12-10-19(11-13-21)14-18-6-3-2-4-7-18/h2-13,20H,14-16H2,1H3/t20-/m0/s1. The van der Waals surface area contributed by atoms with Crippen LogP contribution in [0.3, 0.4) is 0 Å². The molecule has 1 aliphatic rings. The minimum absolute atomic E-state index is 0.0967. The normalized spacial score (nSPS) is 16.0. The van der Waals surface area contributed by atoms with Gasteiger partial charge in [-0.3, -0.25) is 9.59 Å². The van der Waals surface area contributed by atoms with E-state index in [1.165, 1.54) is 5.56 Å².